The lowest BCUT2D eigenvalue weighted by molar-refractivity contribution is 0.991. The fourth-order valence-corrected chi connectivity index (χ4v) is 1.19. The molecule has 14 heavy (non-hydrogen) atoms. The molecule has 0 amide bonds. The Morgan fingerprint density at radius 1 is 1.07 bits per heavy atom. The Kier molecular flexibility index (Phi) is 3.42. The summed E-state index contributed by atoms with van der Waals surface area (Å²) in [6, 6.07) is 11.2. The van der Waals surface area contributed by atoms with Crippen molar-refractivity contribution >= 4 is 12.4 Å². The van der Waals surface area contributed by atoms with Gasteiger partial charge in [-0.05, 0) is 11.6 Å². The molecule has 3 nitrogen and oxygen atoms in total. The molecular formula is C10H9ClN2O. The molecule has 72 valence electrons. The van der Waals surface area contributed by atoms with Crippen molar-refractivity contribution in [1.82, 2.24) is 10.2 Å². The summed E-state index contributed by atoms with van der Waals surface area (Å²) >= 11 is 0. The SMILES string of the molecule is Cl.O=c1[nH]nccc1-c1ccccc1. The zero-order valence-corrected chi connectivity index (χ0v) is 8.12. The van der Waals surface area contributed by atoms with Gasteiger partial charge in [0.25, 0.3) is 5.56 Å². The smallest absolute Gasteiger partial charge is 0.267 e. The van der Waals surface area contributed by atoms with E-state index in [1.54, 1.807) is 12.3 Å². The van der Waals surface area contributed by atoms with Crippen LogP contribution in [0.3, 0.4) is 0 Å². The number of halogens is 1. The van der Waals surface area contributed by atoms with Gasteiger partial charge in [0, 0.05) is 11.8 Å². The van der Waals surface area contributed by atoms with Crippen LogP contribution in [0.2, 0.25) is 0 Å². The number of aromatic amines is 1. The molecule has 0 fully saturated rings. The summed E-state index contributed by atoms with van der Waals surface area (Å²) in [7, 11) is 0. The van der Waals surface area contributed by atoms with Crippen LogP contribution in [0.4, 0.5) is 0 Å². The Morgan fingerprint density at radius 3 is 2.43 bits per heavy atom. The molecule has 4 heteroatoms. The quantitative estimate of drug-likeness (QED) is 0.778. The molecule has 0 spiro atoms. The summed E-state index contributed by atoms with van der Waals surface area (Å²) in [5.74, 6) is 0. The second kappa shape index (κ2) is 4.58. The first-order valence-corrected chi connectivity index (χ1v) is 3.97. The highest BCUT2D eigenvalue weighted by Crippen LogP contribution is 2.12. The van der Waals surface area contributed by atoms with Gasteiger partial charge in [-0.1, -0.05) is 30.3 Å². The molecule has 0 aliphatic heterocycles. The minimum absolute atomic E-state index is 0. The van der Waals surface area contributed by atoms with Gasteiger partial charge < -0.3 is 0 Å². The van der Waals surface area contributed by atoms with Crippen molar-refractivity contribution in [3.8, 4) is 11.1 Å². The van der Waals surface area contributed by atoms with Gasteiger partial charge in [-0.25, -0.2) is 5.10 Å². The van der Waals surface area contributed by atoms with Crippen LogP contribution >= 0.6 is 12.4 Å². The number of hydrogen-bond donors (Lipinski definition) is 1. The molecule has 0 saturated heterocycles. The van der Waals surface area contributed by atoms with Crippen LogP contribution in [0.25, 0.3) is 11.1 Å². The predicted octanol–water partition coefficient (Wildman–Crippen LogP) is 1.86. The maximum Gasteiger partial charge on any atom is 0.272 e. The molecule has 1 aromatic heterocycles. The molecule has 0 unspecified atom stereocenters. The van der Waals surface area contributed by atoms with Crippen molar-refractivity contribution < 1.29 is 0 Å². The molecule has 0 radical (unpaired) electrons. The van der Waals surface area contributed by atoms with Crippen molar-refractivity contribution in [3.63, 3.8) is 0 Å². The van der Waals surface area contributed by atoms with Crippen LogP contribution in [-0.2, 0) is 0 Å². The summed E-state index contributed by atoms with van der Waals surface area (Å²) in [6.45, 7) is 0. The van der Waals surface area contributed by atoms with Crippen LogP contribution < -0.4 is 5.56 Å². The topological polar surface area (TPSA) is 45.8 Å². The van der Waals surface area contributed by atoms with Crippen molar-refractivity contribution in [1.29, 1.82) is 0 Å². The summed E-state index contributed by atoms with van der Waals surface area (Å²) in [6.07, 6.45) is 1.57. The van der Waals surface area contributed by atoms with E-state index >= 15 is 0 Å². The number of hydrogen-bond acceptors (Lipinski definition) is 2. The van der Waals surface area contributed by atoms with E-state index in [1.165, 1.54) is 0 Å². The van der Waals surface area contributed by atoms with Crippen molar-refractivity contribution in [3.05, 3.63) is 52.9 Å². The Balaban J connectivity index is 0.000000980. The number of rotatable bonds is 1. The third-order valence-electron chi connectivity index (χ3n) is 1.81. The highest BCUT2D eigenvalue weighted by molar-refractivity contribution is 5.85. The molecular weight excluding hydrogens is 200 g/mol. The van der Waals surface area contributed by atoms with Crippen LogP contribution in [0.15, 0.2) is 47.4 Å². The minimum Gasteiger partial charge on any atom is -0.267 e. The van der Waals surface area contributed by atoms with Gasteiger partial charge in [0.05, 0.1) is 0 Å². The minimum atomic E-state index is -0.159. The van der Waals surface area contributed by atoms with Gasteiger partial charge in [0.1, 0.15) is 0 Å². The van der Waals surface area contributed by atoms with E-state index in [-0.39, 0.29) is 18.0 Å². The first-order chi connectivity index (χ1) is 6.38. The Bertz CT molecular complexity index is 453. The lowest BCUT2D eigenvalue weighted by Crippen LogP contribution is -2.09. The van der Waals surface area contributed by atoms with E-state index in [9.17, 15) is 4.79 Å². The Labute approximate surface area is 87.2 Å². The first kappa shape index (κ1) is 10.5. The number of nitrogens with zero attached hydrogens (tertiary/aromatic N) is 1. The van der Waals surface area contributed by atoms with Crippen LogP contribution in [0.1, 0.15) is 0 Å². The second-order valence-corrected chi connectivity index (χ2v) is 2.67. The summed E-state index contributed by atoms with van der Waals surface area (Å²) in [5, 5.41) is 6.03. The molecule has 2 aromatic rings. The summed E-state index contributed by atoms with van der Waals surface area (Å²) < 4.78 is 0. The molecule has 2 rings (SSSR count). The maximum absolute atomic E-state index is 11.3. The highest BCUT2D eigenvalue weighted by Gasteiger charge is 1.99. The van der Waals surface area contributed by atoms with Crippen molar-refractivity contribution in [2.75, 3.05) is 0 Å². The largest absolute Gasteiger partial charge is 0.272 e. The third kappa shape index (κ3) is 2.00. The molecule has 1 N–H and O–H groups in total. The van der Waals surface area contributed by atoms with Crippen LogP contribution in [-0.4, -0.2) is 10.2 Å². The third-order valence-corrected chi connectivity index (χ3v) is 1.81. The second-order valence-electron chi connectivity index (χ2n) is 2.67. The average molecular weight is 209 g/mol. The van der Waals surface area contributed by atoms with Gasteiger partial charge in [-0.15, -0.1) is 12.4 Å². The number of nitrogens with one attached hydrogen (secondary N) is 1. The fourth-order valence-electron chi connectivity index (χ4n) is 1.19. The van der Waals surface area contributed by atoms with Crippen LogP contribution in [0.5, 0.6) is 0 Å². The van der Waals surface area contributed by atoms with E-state index in [1.807, 2.05) is 30.3 Å². The van der Waals surface area contributed by atoms with Crippen molar-refractivity contribution in [2.45, 2.75) is 0 Å². The molecule has 1 aromatic carbocycles. The number of aromatic nitrogens is 2. The van der Waals surface area contributed by atoms with E-state index in [2.05, 4.69) is 10.2 Å². The van der Waals surface area contributed by atoms with Gasteiger partial charge in [0.15, 0.2) is 0 Å². The molecule has 0 aliphatic carbocycles. The van der Waals surface area contributed by atoms with Gasteiger partial charge in [0.2, 0.25) is 0 Å². The predicted molar refractivity (Wildman–Crippen MR) is 57.5 cm³/mol. The normalized spacial score (nSPS) is 9.14. The lowest BCUT2D eigenvalue weighted by Gasteiger charge is -1.97. The van der Waals surface area contributed by atoms with E-state index in [0.29, 0.717) is 5.56 Å². The molecule has 0 bridgehead atoms. The fraction of sp³-hybridized carbons (Fsp3) is 0. The highest BCUT2D eigenvalue weighted by atomic mass is 35.5. The Hall–Kier alpha value is -1.61. The summed E-state index contributed by atoms with van der Waals surface area (Å²) in [5.41, 5.74) is 1.40. The van der Waals surface area contributed by atoms with Gasteiger partial charge >= 0.3 is 0 Å². The summed E-state index contributed by atoms with van der Waals surface area (Å²) in [4.78, 5) is 11.3. The van der Waals surface area contributed by atoms with Gasteiger partial charge in [-0.2, -0.15) is 5.10 Å². The maximum atomic E-state index is 11.3. The standard InChI is InChI=1S/C10H8N2O.ClH/c13-10-9(6-7-11-12-10)8-4-2-1-3-5-8;/h1-7H,(H,12,13);1H. The average Bonchev–Trinajstić information content (AvgIpc) is 2.20. The van der Waals surface area contributed by atoms with E-state index in [0.717, 1.165) is 5.56 Å². The molecule has 0 aliphatic rings. The monoisotopic (exact) mass is 208 g/mol. The zero-order valence-electron chi connectivity index (χ0n) is 7.31. The van der Waals surface area contributed by atoms with Crippen molar-refractivity contribution in [2.24, 2.45) is 0 Å². The van der Waals surface area contributed by atoms with Gasteiger partial charge in [-0.3, -0.25) is 4.79 Å². The Morgan fingerprint density at radius 2 is 1.79 bits per heavy atom. The first-order valence-electron chi connectivity index (χ1n) is 3.97. The lowest BCUT2D eigenvalue weighted by atomic mass is 10.1. The van der Waals surface area contributed by atoms with Crippen LogP contribution in [0, 0.1) is 0 Å². The number of benzene rings is 1. The number of H-pyrrole nitrogens is 1. The molecule has 0 atom stereocenters. The van der Waals surface area contributed by atoms with E-state index < -0.39 is 0 Å². The molecule has 1 heterocycles. The zero-order chi connectivity index (χ0) is 9.10. The molecule has 0 saturated carbocycles. The van der Waals surface area contributed by atoms with E-state index in [4.69, 9.17) is 0 Å².